The summed E-state index contributed by atoms with van der Waals surface area (Å²) in [5, 5.41) is 0. The van der Waals surface area contributed by atoms with Crippen molar-refractivity contribution in [2.75, 3.05) is 0 Å². The van der Waals surface area contributed by atoms with Crippen molar-refractivity contribution < 1.29 is 0 Å². The minimum absolute atomic E-state index is 0.594. The highest BCUT2D eigenvalue weighted by Crippen LogP contribution is 2.26. The molecule has 0 aliphatic heterocycles. The van der Waals surface area contributed by atoms with E-state index >= 15 is 0 Å². The van der Waals surface area contributed by atoms with E-state index in [1.54, 1.807) is 0 Å². The Morgan fingerprint density at radius 2 is 2.00 bits per heavy atom. The predicted molar refractivity (Wildman–Crippen MR) is 62.4 cm³/mol. The number of rotatable bonds is 3. The monoisotopic (exact) mass is 204 g/mol. The van der Waals surface area contributed by atoms with Crippen LogP contribution in [0.2, 0.25) is 0 Å². The van der Waals surface area contributed by atoms with E-state index in [9.17, 15) is 0 Å². The fraction of sp³-hybridized carbons (Fsp3) is 0.615. The summed E-state index contributed by atoms with van der Waals surface area (Å²) in [5.74, 6) is 0.870. The normalized spacial score (nSPS) is 17.9. The van der Waals surface area contributed by atoms with Gasteiger partial charge in [0, 0.05) is 18.4 Å². The van der Waals surface area contributed by atoms with Gasteiger partial charge in [0.15, 0.2) is 0 Å². The molecule has 1 aromatic heterocycles. The molecule has 1 saturated carbocycles. The lowest BCUT2D eigenvalue weighted by molar-refractivity contribution is 0.354. The summed E-state index contributed by atoms with van der Waals surface area (Å²) >= 11 is 0. The van der Waals surface area contributed by atoms with Gasteiger partial charge in [0.1, 0.15) is 0 Å². The zero-order valence-electron chi connectivity index (χ0n) is 9.28. The third-order valence-corrected chi connectivity index (χ3v) is 3.34. The van der Waals surface area contributed by atoms with Crippen molar-refractivity contribution in [3.8, 4) is 0 Å². The zero-order chi connectivity index (χ0) is 10.5. The maximum atomic E-state index is 5.54. The highest BCUT2D eigenvalue weighted by Gasteiger charge is 2.14. The Kier molecular flexibility index (Phi) is 3.73. The van der Waals surface area contributed by atoms with Crippen LogP contribution in [0.4, 0.5) is 0 Å². The number of pyridine rings is 1. The average molecular weight is 204 g/mol. The first-order valence-electron chi connectivity index (χ1n) is 6.02. The highest BCUT2D eigenvalue weighted by atomic mass is 14.7. The number of aromatic nitrogens is 1. The summed E-state index contributed by atoms with van der Waals surface area (Å²) < 4.78 is 0. The number of nitrogens with zero attached hydrogens (tertiary/aromatic N) is 1. The molecule has 0 saturated heterocycles. The van der Waals surface area contributed by atoms with E-state index in [1.807, 2.05) is 6.20 Å². The van der Waals surface area contributed by atoms with Crippen LogP contribution in [0, 0.1) is 5.92 Å². The molecule has 2 N–H and O–H groups in total. The van der Waals surface area contributed by atoms with Gasteiger partial charge in [0.05, 0.1) is 0 Å². The van der Waals surface area contributed by atoms with Crippen molar-refractivity contribution in [1.29, 1.82) is 0 Å². The largest absolute Gasteiger partial charge is 0.326 e. The summed E-state index contributed by atoms with van der Waals surface area (Å²) in [6, 6.07) is 4.24. The Morgan fingerprint density at radius 1 is 1.20 bits per heavy atom. The van der Waals surface area contributed by atoms with Crippen molar-refractivity contribution in [3.05, 3.63) is 29.6 Å². The van der Waals surface area contributed by atoms with Gasteiger partial charge in [0.2, 0.25) is 0 Å². The maximum Gasteiger partial charge on any atom is 0.0406 e. The fourth-order valence-corrected chi connectivity index (χ4v) is 2.38. The maximum absolute atomic E-state index is 5.54. The Balaban J connectivity index is 1.91. The molecule has 0 spiro atoms. The summed E-state index contributed by atoms with van der Waals surface area (Å²) in [6.07, 6.45) is 10.1. The van der Waals surface area contributed by atoms with Crippen LogP contribution in [0.3, 0.4) is 0 Å². The number of nitrogens with two attached hydrogens (primary N) is 1. The molecule has 0 radical (unpaired) electrons. The standard InChI is InChI=1S/C13H20N2/c14-9-12-6-7-13(15-10-12)8-11-4-2-1-3-5-11/h6-7,10-11H,1-5,8-9,14H2. The lowest BCUT2D eigenvalue weighted by Gasteiger charge is -2.20. The summed E-state index contributed by atoms with van der Waals surface area (Å²) in [5.41, 5.74) is 7.91. The molecular formula is C13H20N2. The molecule has 82 valence electrons. The van der Waals surface area contributed by atoms with E-state index in [2.05, 4.69) is 17.1 Å². The smallest absolute Gasteiger partial charge is 0.0406 e. The molecule has 0 aromatic carbocycles. The van der Waals surface area contributed by atoms with Crippen LogP contribution in [-0.4, -0.2) is 4.98 Å². The molecule has 15 heavy (non-hydrogen) atoms. The second kappa shape index (κ2) is 5.26. The minimum atomic E-state index is 0.594. The lowest BCUT2D eigenvalue weighted by Crippen LogP contribution is -2.10. The zero-order valence-corrected chi connectivity index (χ0v) is 9.28. The van der Waals surface area contributed by atoms with Crippen LogP contribution in [0.15, 0.2) is 18.3 Å². The van der Waals surface area contributed by atoms with Gasteiger partial charge in [-0.15, -0.1) is 0 Å². The van der Waals surface area contributed by atoms with E-state index in [0.29, 0.717) is 6.54 Å². The molecule has 0 unspecified atom stereocenters. The Bertz CT molecular complexity index is 286. The van der Waals surface area contributed by atoms with Gasteiger partial charge < -0.3 is 5.73 Å². The molecule has 1 aromatic rings. The lowest BCUT2D eigenvalue weighted by atomic mass is 9.86. The van der Waals surface area contributed by atoms with Crippen LogP contribution >= 0.6 is 0 Å². The van der Waals surface area contributed by atoms with Crippen molar-refractivity contribution in [2.24, 2.45) is 11.7 Å². The fourth-order valence-electron chi connectivity index (χ4n) is 2.38. The molecule has 1 heterocycles. The van der Waals surface area contributed by atoms with Crippen LogP contribution in [0.25, 0.3) is 0 Å². The molecule has 0 bridgehead atoms. The minimum Gasteiger partial charge on any atom is -0.326 e. The molecule has 2 rings (SSSR count). The molecule has 1 fully saturated rings. The van der Waals surface area contributed by atoms with Crippen molar-refractivity contribution in [3.63, 3.8) is 0 Å². The summed E-state index contributed by atoms with van der Waals surface area (Å²) in [4.78, 5) is 4.46. The predicted octanol–water partition coefficient (Wildman–Crippen LogP) is 2.66. The Morgan fingerprint density at radius 3 is 2.60 bits per heavy atom. The first-order chi connectivity index (χ1) is 7.38. The van der Waals surface area contributed by atoms with E-state index in [1.165, 1.54) is 37.8 Å². The molecule has 1 aliphatic rings. The number of hydrogen-bond donors (Lipinski definition) is 1. The van der Waals surface area contributed by atoms with Gasteiger partial charge in [-0.25, -0.2) is 0 Å². The summed E-state index contributed by atoms with van der Waals surface area (Å²) in [6.45, 7) is 0.594. The molecule has 1 aliphatic carbocycles. The first kappa shape index (κ1) is 10.6. The van der Waals surface area contributed by atoms with E-state index in [-0.39, 0.29) is 0 Å². The number of hydrogen-bond acceptors (Lipinski definition) is 2. The second-order valence-corrected chi connectivity index (χ2v) is 4.57. The van der Waals surface area contributed by atoms with Gasteiger partial charge in [-0.2, -0.15) is 0 Å². The van der Waals surface area contributed by atoms with Crippen LogP contribution < -0.4 is 5.73 Å². The van der Waals surface area contributed by atoms with Gasteiger partial charge >= 0.3 is 0 Å². The third kappa shape index (κ3) is 3.03. The third-order valence-electron chi connectivity index (χ3n) is 3.34. The Hall–Kier alpha value is -0.890. The van der Waals surface area contributed by atoms with Gasteiger partial charge in [-0.1, -0.05) is 38.2 Å². The van der Waals surface area contributed by atoms with E-state index < -0.39 is 0 Å². The van der Waals surface area contributed by atoms with Crippen molar-refractivity contribution >= 4 is 0 Å². The topological polar surface area (TPSA) is 38.9 Å². The molecule has 0 atom stereocenters. The molecule has 2 nitrogen and oxygen atoms in total. The van der Waals surface area contributed by atoms with E-state index in [4.69, 9.17) is 5.73 Å². The molecule has 0 amide bonds. The SMILES string of the molecule is NCc1ccc(CC2CCCCC2)nc1. The highest BCUT2D eigenvalue weighted by molar-refractivity contribution is 5.14. The quantitative estimate of drug-likeness (QED) is 0.822. The molecule has 2 heteroatoms. The summed E-state index contributed by atoms with van der Waals surface area (Å²) in [7, 11) is 0. The molecular weight excluding hydrogens is 184 g/mol. The van der Waals surface area contributed by atoms with Gasteiger partial charge in [-0.3, -0.25) is 4.98 Å². The van der Waals surface area contributed by atoms with Crippen molar-refractivity contribution in [2.45, 2.75) is 45.1 Å². The van der Waals surface area contributed by atoms with Gasteiger partial charge in [0.25, 0.3) is 0 Å². The van der Waals surface area contributed by atoms with Crippen LogP contribution in [0.5, 0.6) is 0 Å². The first-order valence-corrected chi connectivity index (χ1v) is 6.02. The Labute approximate surface area is 91.9 Å². The van der Waals surface area contributed by atoms with Gasteiger partial charge in [-0.05, 0) is 24.0 Å². The van der Waals surface area contributed by atoms with Crippen LogP contribution in [-0.2, 0) is 13.0 Å². The van der Waals surface area contributed by atoms with Crippen molar-refractivity contribution in [1.82, 2.24) is 4.98 Å². The van der Waals surface area contributed by atoms with Crippen LogP contribution in [0.1, 0.15) is 43.4 Å². The average Bonchev–Trinajstić information content (AvgIpc) is 2.31. The second-order valence-electron chi connectivity index (χ2n) is 4.57. The van der Waals surface area contributed by atoms with E-state index in [0.717, 1.165) is 17.9 Å².